The Morgan fingerprint density at radius 3 is 2.83 bits per heavy atom. The molecule has 1 aromatic rings. The van der Waals surface area contributed by atoms with E-state index in [9.17, 15) is 9.90 Å². The Morgan fingerprint density at radius 1 is 1.75 bits per heavy atom. The van der Waals surface area contributed by atoms with Gasteiger partial charge in [-0.1, -0.05) is 0 Å². The normalized spacial score (nSPS) is 12.8. The zero-order valence-electron chi connectivity index (χ0n) is 6.65. The first-order valence-corrected chi connectivity index (χ1v) is 3.55. The van der Waals surface area contributed by atoms with Crippen molar-refractivity contribution in [3.8, 4) is 0 Å². The summed E-state index contributed by atoms with van der Waals surface area (Å²) in [4.78, 5) is 10.2. The minimum atomic E-state index is -1.02. The number of carbonyl (C=O) groups is 1. The van der Waals surface area contributed by atoms with Crippen molar-refractivity contribution in [3.63, 3.8) is 0 Å². The molecule has 0 saturated heterocycles. The molecule has 0 saturated carbocycles. The summed E-state index contributed by atoms with van der Waals surface area (Å²) in [5.74, 6) is -0.466. The first-order chi connectivity index (χ1) is 5.61. The van der Waals surface area contributed by atoms with Crippen LogP contribution in [0.3, 0.4) is 0 Å². The Balaban J connectivity index is 2.71. The highest BCUT2D eigenvalue weighted by molar-refractivity contribution is 5.67. The van der Waals surface area contributed by atoms with E-state index in [2.05, 4.69) is 0 Å². The van der Waals surface area contributed by atoms with Gasteiger partial charge in [-0.2, -0.15) is 0 Å². The average molecular weight is 170 g/mol. The lowest BCUT2D eigenvalue weighted by Gasteiger charge is -2.04. The van der Waals surface area contributed by atoms with E-state index in [1.54, 1.807) is 13.0 Å². The molecule has 4 heteroatoms. The van der Waals surface area contributed by atoms with E-state index in [1.165, 1.54) is 6.26 Å². The minimum absolute atomic E-state index is 0.291. The molecule has 0 fully saturated rings. The molecule has 2 N–H and O–H groups in total. The molecule has 1 atom stereocenters. The summed E-state index contributed by atoms with van der Waals surface area (Å²) < 4.78 is 4.91. The Hall–Kier alpha value is -1.29. The van der Waals surface area contributed by atoms with Gasteiger partial charge >= 0.3 is 5.97 Å². The Labute approximate surface area is 69.4 Å². The molecule has 1 rings (SSSR count). The first kappa shape index (κ1) is 8.80. The number of furan rings is 1. The van der Waals surface area contributed by atoms with Crippen molar-refractivity contribution in [1.29, 1.82) is 0 Å². The van der Waals surface area contributed by atoms with E-state index in [4.69, 9.17) is 9.52 Å². The lowest BCUT2D eigenvalue weighted by Crippen LogP contribution is -2.05. The largest absolute Gasteiger partial charge is 0.481 e. The molecule has 0 radical (unpaired) electrons. The van der Waals surface area contributed by atoms with Gasteiger partial charge in [0.2, 0.25) is 0 Å². The van der Waals surface area contributed by atoms with Gasteiger partial charge in [-0.25, -0.2) is 0 Å². The second kappa shape index (κ2) is 3.40. The Kier molecular flexibility index (Phi) is 2.50. The van der Waals surface area contributed by atoms with Gasteiger partial charge < -0.3 is 14.6 Å². The van der Waals surface area contributed by atoms with E-state index < -0.39 is 12.1 Å². The number of carboxylic acid groups (broad SMARTS) is 1. The van der Waals surface area contributed by atoms with Crippen molar-refractivity contribution in [2.45, 2.75) is 19.4 Å². The van der Waals surface area contributed by atoms with Gasteiger partial charge in [0.15, 0.2) is 0 Å². The highest BCUT2D eigenvalue weighted by atomic mass is 16.4. The second-order valence-electron chi connectivity index (χ2n) is 2.55. The van der Waals surface area contributed by atoms with Crippen molar-refractivity contribution < 1.29 is 19.4 Å². The predicted octanol–water partition coefficient (Wildman–Crippen LogP) is 1.10. The number of hydrogen-bond donors (Lipinski definition) is 2. The lowest BCUT2D eigenvalue weighted by atomic mass is 10.1. The van der Waals surface area contributed by atoms with Crippen LogP contribution < -0.4 is 0 Å². The maximum absolute atomic E-state index is 10.2. The van der Waals surface area contributed by atoms with Crippen LogP contribution >= 0.6 is 0 Å². The van der Waals surface area contributed by atoms with Crippen LogP contribution in [0.15, 0.2) is 16.7 Å². The average Bonchev–Trinajstić information content (AvgIpc) is 2.33. The van der Waals surface area contributed by atoms with Crippen molar-refractivity contribution in [1.82, 2.24) is 0 Å². The molecule has 1 aromatic heterocycles. The monoisotopic (exact) mass is 170 g/mol. The van der Waals surface area contributed by atoms with Crippen LogP contribution in [0.4, 0.5) is 0 Å². The smallest absolute Gasteiger partial charge is 0.306 e. The van der Waals surface area contributed by atoms with Crippen molar-refractivity contribution >= 4 is 5.97 Å². The molecular formula is C8H10O4. The number of hydrogen-bond acceptors (Lipinski definition) is 3. The molecule has 0 aliphatic carbocycles. The molecule has 0 aliphatic heterocycles. The van der Waals surface area contributed by atoms with Crippen LogP contribution in [0.25, 0.3) is 0 Å². The van der Waals surface area contributed by atoms with Crippen LogP contribution in [-0.4, -0.2) is 16.2 Å². The van der Waals surface area contributed by atoms with E-state index in [0.717, 1.165) is 0 Å². The first-order valence-electron chi connectivity index (χ1n) is 3.55. The number of carboxylic acids is 1. The lowest BCUT2D eigenvalue weighted by molar-refractivity contribution is -0.139. The number of rotatable bonds is 3. The van der Waals surface area contributed by atoms with Gasteiger partial charge in [-0.05, 0) is 13.0 Å². The van der Waals surface area contributed by atoms with Crippen molar-refractivity contribution in [3.05, 3.63) is 23.7 Å². The van der Waals surface area contributed by atoms with E-state index >= 15 is 0 Å². The standard InChI is InChI=1S/C8H10O4/c1-5-6(2-3-12-5)7(9)4-8(10)11/h2-3,7,9H,4H2,1H3,(H,10,11). The Bertz CT molecular complexity index is 276. The maximum Gasteiger partial charge on any atom is 0.306 e. The predicted molar refractivity (Wildman–Crippen MR) is 40.7 cm³/mol. The van der Waals surface area contributed by atoms with Crippen LogP contribution in [0.1, 0.15) is 23.8 Å². The summed E-state index contributed by atoms with van der Waals surface area (Å²) in [5, 5.41) is 17.7. The molecule has 4 nitrogen and oxygen atoms in total. The molecule has 1 heterocycles. The van der Waals surface area contributed by atoms with Crippen molar-refractivity contribution in [2.75, 3.05) is 0 Å². The van der Waals surface area contributed by atoms with Gasteiger partial charge in [0, 0.05) is 5.56 Å². The molecule has 0 spiro atoms. The summed E-state index contributed by atoms with van der Waals surface area (Å²) in [6.45, 7) is 1.68. The van der Waals surface area contributed by atoms with Crippen LogP contribution in [0, 0.1) is 6.92 Å². The highest BCUT2D eigenvalue weighted by Crippen LogP contribution is 2.20. The fourth-order valence-electron chi connectivity index (χ4n) is 1.02. The van der Waals surface area contributed by atoms with Gasteiger partial charge in [-0.15, -0.1) is 0 Å². The number of aliphatic carboxylic acids is 1. The molecule has 0 amide bonds. The fraction of sp³-hybridized carbons (Fsp3) is 0.375. The molecule has 12 heavy (non-hydrogen) atoms. The minimum Gasteiger partial charge on any atom is -0.481 e. The Morgan fingerprint density at radius 2 is 2.42 bits per heavy atom. The molecule has 66 valence electrons. The quantitative estimate of drug-likeness (QED) is 0.712. The number of aryl methyl sites for hydroxylation is 1. The SMILES string of the molecule is Cc1occc1C(O)CC(=O)O. The summed E-state index contributed by atoms with van der Waals surface area (Å²) in [6, 6.07) is 1.57. The molecule has 0 bridgehead atoms. The van der Waals surface area contributed by atoms with E-state index in [0.29, 0.717) is 11.3 Å². The second-order valence-corrected chi connectivity index (χ2v) is 2.55. The van der Waals surface area contributed by atoms with Crippen LogP contribution in [0.5, 0.6) is 0 Å². The summed E-state index contributed by atoms with van der Waals surface area (Å²) in [6.07, 6.45) is 0.164. The van der Waals surface area contributed by atoms with Gasteiger partial charge in [0.1, 0.15) is 5.76 Å². The van der Waals surface area contributed by atoms with E-state index in [1.807, 2.05) is 0 Å². The van der Waals surface area contributed by atoms with Crippen LogP contribution in [0.2, 0.25) is 0 Å². The topological polar surface area (TPSA) is 70.7 Å². The molecule has 0 aliphatic rings. The third-order valence-corrected chi connectivity index (χ3v) is 1.63. The van der Waals surface area contributed by atoms with Gasteiger partial charge in [0.25, 0.3) is 0 Å². The summed E-state index contributed by atoms with van der Waals surface area (Å²) in [7, 11) is 0. The highest BCUT2D eigenvalue weighted by Gasteiger charge is 2.15. The van der Waals surface area contributed by atoms with E-state index in [-0.39, 0.29) is 6.42 Å². The fourth-order valence-corrected chi connectivity index (χ4v) is 1.02. The molecular weight excluding hydrogens is 160 g/mol. The third kappa shape index (κ3) is 1.85. The van der Waals surface area contributed by atoms with Gasteiger partial charge in [-0.3, -0.25) is 4.79 Å². The summed E-state index contributed by atoms with van der Waals surface area (Å²) >= 11 is 0. The zero-order valence-corrected chi connectivity index (χ0v) is 6.65. The molecule has 0 aromatic carbocycles. The van der Waals surface area contributed by atoms with Crippen LogP contribution in [-0.2, 0) is 4.79 Å². The summed E-state index contributed by atoms with van der Waals surface area (Å²) in [5.41, 5.74) is 0.539. The number of aliphatic hydroxyl groups excluding tert-OH is 1. The maximum atomic E-state index is 10.2. The van der Waals surface area contributed by atoms with Crippen molar-refractivity contribution in [2.24, 2.45) is 0 Å². The zero-order chi connectivity index (χ0) is 9.14. The number of aliphatic hydroxyl groups is 1. The molecule has 1 unspecified atom stereocenters. The third-order valence-electron chi connectivity index (χ3n) is 1.63. The van der Waals surface area contributed by atoms with Gasteiger partial charge in [0.05, 0.1) is 18.8 Å².